The topological polar surface area (TPSA) is 66.4 Å². The zero-order chi connectivity index (χ0) is 15.0. The van der Waals surface area contributed by atoms with Crippen LogP contribution in [0, 0.1) is 0 Å². The van der Waals surface area contributed by atoms with Gasteiger partial charge in [-0.2, -0.15) is 0 Å². The second-order valence-electron chi connectivity index (χ2n) is 4.39. The van der Waals surface area contributed by atoms with Gasteiger partial charge in [-0.25, -0.2) is 4.79 Å². The van der Waals surface area contributed by atoms with E-state index in [1.807, 2.05) is 31.2 Å². The maximum atomic E-state index is 11.8. The fourth-order valence-corrected chi connectivity index (χ4v) is 1.93. The van der Waals surface area contributed by atoms with Crippen LogP contribution in [0.25, 0.3) is 0 Å². The van der Waals surface area contributed by atoms with E-state index in [1.54, 1.807) is 12.2 Å². The average molecular weight is 340 g/mol. The molecule has 1 rings (SSSR count). The first-order chi connectivity index (χ1) is 9.52. The highest BCUT2D eigenvalue weighted by Gasteiger charge is 2.17. The first-order valence-electron chi connectivity index (χ1n) is 6.40. The highest BCUT2D eigenvalue weighted by molar-refractivity contribution is 9.10. The fourth-order valence-electron chi connectivity index (χ4n) is 1.67. The predicted molar refractivity (Wildman–Crippen MR) is 81.5 cm³/mol. The Balaban J connectivity index is 2.45. The molecule has 0 spiro atoms. The second kappa shape index (κ2) is 8.53. The van der Waals surface area contributed by atoms with E-state index in [0.717, 1.165) is 10.0 Å². The van der Waals surface area contributed by atoms with E-state index < -0.39 is 12.0 Å². The Hall–Kier alpha value is -1.62. The molecule has 1 atom stereocenters. The molecule has 0 aromatic heterocycles. The Morgan fingerprint density at radius 2 is 2.00 bits per heavy atom. The monoisotopic (exact) mass is 339 g/mol. The molecule has 1 aromatic carbocycles. The van der Waals surface area contributed by atoms with Gasteiger partial charge in [-0.1, -0.05) is 40.2 Å². The molecule has 0 saturated carbocycles. The lowest BCUT2D eigenvalue weighted by Crippen LogP contribution is -2.40. The molecular formula is C15H18BrNO3. The van der Waals surface area contributed by atoms with Gasteiger partial charge in [0.1, 0.15) is 6.04 Å². The Morgan fingerprint density at radius 3 is 2.55 bits per heavy atom. The van der Waals surface area contributed by atoms with Crippen molar-refractivity contribution in [3.63, 3.8) is 0 Å². The Kier molecular flexibility index (Phi) is 7.01. The molecule has 2 N–H and O–H groups in total. The molecule has 5 heteroatoms. The number of carboxylic acid groups (broad SMARTS) is 1. The van der Waals surface area contributed by atoms with Crippen LogP contribution < -0.4 is 5.32 Å². The molecule has 1 aromatic rings. The molecule has 4 nitrogen and oxygen atoms in total. The minimum Gasteiger partial charge on any atom is -0.480 e. The lowest BCUT2D eigenvalue weighted by atomic mass is 10.1. The molecule has 0 aliphatic rings. The highest BCUT2D eigenvalue weighted by atomic mass is 79.9. The van der Waals surface area contributed by atoms with Crippen molar-refractivity contribution in [2.45, 2.75) is 32.2 Å². The third-order valence-electron chi connectivity index (χ3n) is 2.79. The molecular weight excluding hydrogens is 322 g/mol. The van der Waals surface area contributed by atoms with Crippen molar-refractivity contribution in [1.82, 2.24) is 5.32 Å². The van der Waals surface area contributed by atoms with Crippen molar-refractivity contribution >= 4 is 27.8 Å². The molecule has 0 bridgehead atoms. The molecule has 0 aliphatic heterocycles. The number of carbonyl (C=O) groups is 2. The number of allylic oxidation sites excluding steroid dienone is 1. The normalized spacial score (nSPS) is 12.3. The molecule has 0 heterocycles. The maximum absolute atomic E-state index is 11.8. The molecule has 1 unspecified atom stereocenters. The van der Waals surface area contributed by atoms with Gasteiger partial charge in [-0.05, 0) is 37.5 Å². The van der Waals surface area contributed by atoms with Crippen LogP contribution in [0.2, 0.25) is 0 Å². The zero-order valence-corrected chi connectivity index (χ0v) is 12.9. The molecule has 20 heavy (non-hydrogen) atoms. The van der Waals surface area contributed by atoms with Crippen LogP contribution in [0.1, 0.15) is 25.3 Å². The Bertz CT molecular complexity index is 482. The van der Waals surface area contributed by atoms with Gasteiger partial charge in [-0.3, -0.25) is 4.79 Å². The number of aryl methyl sites for hydroxylation is 1. The number of rotatable bonds is 7. The standard InChI is InChI=1S/C15H18BrNO3/c1-2-3-4-13(15(19)20)17-14(18)10-7-11-5-8-12(16)9-6-11/h2-3,5-6,8-9,13H,4,7,10H2,1H3,(H,17,18)(H,19,20)/b3-2+. The quantitative estimate of drug-likeness (QED) is 0.750. The van der Waals surface area contributed by atoms with E-state index in [2.05, 4.69) is 21.2 Å². The molecule has 108 valence electrons. The van der Waals surface area contributed by atoms with Crippen molar-refractivity contribution in [3.8, 4) is 0 Å². The summed E-state index contributed by atoms with van der Waals surface area (Å²) in [5.41, 5.74) is 1.05. The number of carboxylic acids is 1. The van der Waals surface area contributed by atoms with Gasteiger partial charge >= 0.3 is 5.97 Å². The van der Waals surface area contributed by atoms with Gasteiger partial charge in [0.15, 0.2) is 0 Å². The minimum atomic E-state index is -1.01. The molecule has 0 radical (unpaired) electrons. The fraction of sp³-hybridized carbons (Fsp3) is 0.333. The molecule has 0 fully saturated rings. The summed E-state index contributed by atoms with van der Waals surface area (Å²) < 4.78 is 0.989. The number of halogens is 1. The Labute approximate surface area is 127 Å². The van der Waals surface area contributed by atoms with Gasteiger partial charge in [0.05, 0.1) is 0 Å². The lowest BCUT2D eigenvalue weighted by Gasteiger charge is -2.12. The van der Waals surface area contributed by atoms with Gasteiger partial charge in [0, 0.05) is 10.9 Å². The van der Waals surface area contributed by atoms with Crippen molar-refractivity contribution in [1.29, 1.82) is 0 Å². The molecule has 0 aliphatic carbocycles. The molecule has 0 saturated heterocycles. The van der Waals surface area contributed by atoms with Crippen molar-refractivity contribution in [3.05, 3.63) is 46.5 Å². The zero-order valence-electron chi connectivity index (χ0n) is 11.3. The summed E-state index contributed by atoms with van der Waals surface area (Å²) in [7, 11) is 0. The first-order valence-corrected chi connectivity index (χ1v) is 7.20. The van der Waals surface area contributed by atoms with Crippen molar-refractivity contribution in [2.24, 2.45) is 0 Å². The summed E-state index contributed by atoms with van der Waals surface area (Å²) in [5, 5.41) is 11.5. The molecule has 1 amide bonds. The van der Waals surface area contributed by atoms with Crippen molar-refractivity contribution < 1.29 is 14.7 Å². The number of hydrogen-bond acceptors (Lipinski definition) is 2. The van der Waals surface area contributed by atoms with Crippen LogP contribution in [0.4, 0.5) is 0 Å². The summed E-state index contributed by atoms with van der Waals surface area (Å²) in [6.07, 6.45) is 4.67. The van der Waals surface area contributed by atoms with E-state index in [4.69, 9.17) is 5.11 Å². The summed E-state index contributed by atoms with van der Waals surface area (Å²) in [6.45, 7) is 1.81. The SMILES string of the molecule is C/C=C/CC(NC(=O)CCc1ccc(Br)cc1)C(=O)O. The maximum Gasteiger partial charge on any atom is 0.326 e. The van der Waals surface area contributed by atoms with Gasteiger partial charge in [0.2, 0.25) is 5.91 Å². The average Bonchev–Trinajstić information content (AvgIpc) is 2.42. The third kappa shape index (κ3) is 6.02. The van der Waals surface area contributed by atoms with Crippen LogP contribution in [-0.4, -0.2) is 23.0 Å². The largest absolute Gasteiger partial charge is 0.480 e. The van der Waals surface area contributed by atoms with Crippen LogP contribution >= 0.6 is 15.9 Å². The van der Waals surface area contributed by atoms with Crippen LogP contribution in [-0.2, 0) is 16.0 Å². The number of nitrogens with one attached hydrogen (secondary N) is 1. The van der Waals surface area contributed by atoms with Gasteiger partial charge < -0.3 is 10.4 Å². The minimum absolute atomic E-state index is 0.246. The summed E-state index contributed by atoms with van der Waals surface area (Å²) >= 11 is 3.35. The predicted octanol–water partition coefficient (Wildman–Crippen LogP) is 2.92. The van der Waals surface area contributed by atoms with E-state index in [1.165, 1.54) is 0 Å². The van der Waals surface area contributed by atoms with Crippen LogP contribution in [0.3, 0.4) is 0 Å². The van der Waals surface area contributed by atoms with Gasteiger partial charge in [-0.15, -0.1) is 0 Å². The summed E-state index contributed by atoms with van der Waals surface area (Å²) in [5.74, 6) is -1.26. The smallest absolute Gasteiger partial charge is 0.326 e. The van der Waals surface area contributed by atoms with E-state index in [0.29, 0.717) is 12.8 Å². The van der Waals surface area contributed by atoms with E-state index in [9.17, 15) is 9.59 Å². The second-order valence-corrected chi connectivity index (χ2v) is 5.31. The van der Waals surface area contributed by atoms with Crippen LogP contribution in [0.5, 0.6) is 0 Å². The van der Waals surface area contributed by atoms with E-state index >= 15 is 0 Å². The Morgan fingerprint density at radius 1 is 1.35 bits per heavy atom. The van der Waals surface area contributed by atoms with E-state index in [-0.39, 0.29) is 12.3 Å². The highest BCUT2D eigenvalue weighted by Crippen LogP contribution is 2.11. The number of amides is 1. The van der Waals surface area contributed by atoms with Crippen molar-refractivity contribution in [2.75, 3.05) is 0 Å². The number of hydrogen-bond donors (Lipinski definition) is 2. The summed E-state index contributed by atoms with van der Waals surface area (Å²) in [6, 6.07) is 6.85. The lowest BCUT2D eigenvalue weighted by molar-refractivity contribution is -0.141. The number of aliphatic carboxylic acids is 1. The number of carbonyl (C=O) groups excluding carboxylic acids is 1. The third-order valence-corrected chi connectivity index (χ3v) is 3.32. The summed E-state index contributed by atoms with van der Waals surface area (Å²) in [4.78, 5) is 22.8. The van der Waals surface area contributed by atoms with Crippen LogP contribution in [0.15, 0.2) is 40.9 Å². The van der Waals surface area contributed by atoms with Gasteiger partial charge in [0.25, 0.3) is 0 Å². The first kappa shape index (κ1) is 16.4. The number of benzene rings is 1.